The summed E-state index contributed by atoms with van der Waals surface area (Å²) >= 11 is 0. The number of rotatable bonds is 6. The molecule has 0 saturated carbocycles. The summed E-state index contributed by atoms with van der Waals surface area (Å²) in [6.07, 6.45) is 3.35. The molecule has 2 nitrogen and oxygen atoms in total. The average Bonchev–Trinajstić information content (AvgIpc) is 2.19. The summed E-state index contributed by atoms with van der Waals surface area (Å²) in [6.45, 7) is 1.65. The van der Waals surface area contributed by atoms with E-state index in [-0.39, 0.29) is 0 Å². The van der Waals surface area contributed by atoms with E-state index in [1.807, 2.05) is 24.5 Å². The van der Waals surface area contributed by atoms with Gasteiger partial charge in [0, 0.05) is 13.0 Å². The predicted molar refractivity (Wildman–Crippen MR) is 53.3 cm³/mol. The van der Waals surface area contributed by atoms with Crippen molar-refractivity contribution in [3.8, 4) is 0 Å². The normalized spacial score (nSPS) is 9.85. The van der Waals surface area contributed by atoms with Gasteiger partial charge in [-0.15, -0.1) is 0 Å². The molecule has 1 N–H and O–H groups in total. The Morgan fingerprint density at radius 1 is 1.15 bits per heavy atom. The second-order valence-corrected chi connectivity index (χ2v) is 2.88. The highest BCUT2D eigenvalue weighted by Crippen LogP contribution is 1.97. The standard InChI is InChI=1S/C11H14NO/c13-10-4-8-12-9-7-11-5-2-1-3-6-11/h1-3,5-6,12H,4,7-9H2. The van der Waals surface area contributed by atoms with Gasteiger partial charge in [-0.3, -0.25) is 4.79 Å². The van der Waals surface area contributed by atoms with Crippen LogP contribution >= 0.6 is 0 Å². The van der Waals surface area contributed by atoms with Gasteiger partial charge in [-0.05, 0) is 18.5 Å². The highest BCUT2D eigenvalue weighted by molar-refractivity contribution is 5.50. The van der Waals surface area contributed by atoms with Gasteiger partial charge in [-0.25, -0.2) is 0 Å². The van der Waals surface area contributed by atoms with E-state index in [0.717, 1.165) is 19.5 Å². The third-order valence-electron chi connectivity index (χ3n) is 1.84. The van der Waals surface area contributed by atoms with E-state index < -0.39 is 0 Å². The van der Waals surface area contributed by atoms with Crippen molar-refractivity contribution in [3.63, 3.8) is 0 Å². The van der Waals surface area contributed by atoms with Gasteiger partial charge in [0.2, 0.25) is 0 Å². The molecule has 1 aromatic rings. The smallest absolute Gasteiger partial charge is 0.199 e. The molecule has 0 bridgehead atoms. The van der Waals surface area contributed by atoms with Gasteiger partial charge in [0.15, 0.2) is 6.29 Å². The Labute approximate surface area is 79.0 Å². The summed E-state index contributed by atoms with van der Waals surface area (Å²) in [7, 11) is 0. The van der Waals surface area contributed by atoms with E-state index in [1.54, 1.807) is 0 Å². The van der Waals surface area contributed by atoms with Gasteiger partial charge >= 0.3 is 0 Å². The van der Waals surface area contributed by atoms with Crippen molar-refractivity contribution in [2.75, 3.05) is 13.1 Å². The minimum absolute atomic E-state index is 0.481. The molecule has 1 aromatic carbocycles. The van der Waals surface area contributed by atoms with E-state index in [0.29, 0.717) is 6.42 Å². The number of hydrogen-bond acceptors (Lipinski definition) is 2. The minimum Gasteiger partial charge on any atom is -0.316 e. The second kappa shape index (κ2) is 6.38. The fraction of sp³-hybridized carbons (Fsp3) is 0.364. The summed E-state index contributed by atoms with van der Waals surface area (Å²) in [4.78, 5) is 9.87. The molecule has 0 heterocycles. The molecular formula is C11H14NO. The Bertz CT molecular complexity index is 233. The number of benzene rings is 1. The van der Waals surface area contributed by atoms with Crippen LogP contribution in [0.4, 0.5) is 0 Å². The maximum absolute atomic E-state index is 9.87. The van der Waals surface area contributed by atoms with Crippen molar-refractivity contribution < 1.29 is 4.79 Å². The first-order valence-corrected chi connectivity index (χ1v) is 4.53. The molecule has 0 aliphatic heterocycles. The van der Waals surface area contributed by atoms with Gasteiger partial charge in [0.25, 0.3) is 0 Å². The van der Waals surface area contributed by atoms with Gasteiger partial charge in [-0.1, -0.05) is 30.3 Å². The summed E-state index contributed by atoms with van der Waals surface area (Å²) in [6, 6.07) is 10.3. The average molecular weight is 176 g/mol. The van der Waals surface area contributed by atoms with Gasteiger partial charge in [-0.2, -0.15) is 0 Å². The Morgan fingerprint density at radius 2 is 1.92 bits per heavy atom. The lowest BCUT2D eigenvalue weighted by Crippen LogP contribution is -2.18. The molecule has 0 aliphatic carbocycles. The third kappa shape index (κ3) is 4.43. The van der Waals surface area contributed by atoms with Crippen LogP contribution in [0.2, 0.25) is 0 Å². The molecule has 69 valence electrons. The van der Waals surface area contributed by atoms with Crippen molar-refractivity contribution in [1.82, 2.24) is 5.32 Å². The van der Waals surface area contributed by atoms with Crippen LogP contribution in [0.15, 0.2) is 30.3 Å². The zero-order valence-electron chi connectivity index (χ0n) is 7.62. The van der Waals surface area contributed by atoms with Crippen LogP contribution in [-0.2, 0) is 11.2 Å². The summed E-state index contributed by atoms with van der Waals surface area (Å²) in [5, 5.41) is 3.17. The van der Waals surface area contributed by atoms with Gasteiger partial charge in [0.05, 0.1) is 0 Å². The topological polar surface area (TPSA) is 29.1 Å². The van der Waals surface area contributed by atoms with Gasteiger partial charge < -0.3 is 5.32 Å². The molecule has 0 aromatic heterocycles. The number of nitrogens with one attached hydrogen (secondary N) is 1. The van der Waals surface area contributed by atoms with Crippen LogP contribution in [0.3, 0.4) is 0 Å². The highest BCUT2D eigenvalue weighted by atomic mass is 16.1. The SMILES string of the molecule is O=[C]CCNCCc1ccccc1. The zero-order chi connectivity index (χ0) is 9.36. The van der Waals surface area contributed by atoms with Gasteiger partial charge in [0.1, 0.15) is 0 Å². The van der Waals surface area contributed by atoms with Crippen molar-refractivity contribution in [3.05, 3.63) is 35.9 Å². The van der Waals surface area contributed by atoms with Crippen molar-refractivity contribution in [2.45, 2.75) is 12.8 Å². The van der Waals surface area contributed by atoms with Crippen molar-refractivity contribution in [1.29, 1.82) is 0 Å². The lowest BCUT2D eigenvalue weighted by Gasteiger charge is -2.01. The minimum atomic E-state index is 0.481. The largest absolute Gasteiger partial charge is 0.316 e. The first-order valence-electron chi connectivity index (χ1n) is 4.53. The summed E-state index contributed by atoms with van der Waals surface area (Å²) in [5.74, 6) is 0. The first-order chi connectivity index (χ1) is 6.43. The molecule has 0 atom stereocenters. The van der Waals surface area contributed by atoms with Crippen molar-refractivity contribution >= 4 is 6.29 Å². The Balaban J connectivity index is 2.10. The maximum atomic E-state index is 9.87. The Kier molecular flexibility index (Phi) is 4.87. The number of carbonyl (C=O) groups excluding carboxylic acids is 1. The molecule has 1 rings (SSSR count). The lowest BCUT2D eigenvalue weighted by molar-refractivity contribution is 0.547. The quantitative estimate of drug-likeness (QED) is 0.662. The molecule has 2 heteroatoms. The predicted octanol–water partition coefficient (Wildman–Crippen LogP) is 1.32. The van der Waals surface area contributed by atoms with Crippen LogP contribution in [0.1, 0.15) is 12.0 Å². The van der Waals surface area contributed by atoms with Crippen LogP contribution < -0.4 is 5.32 Å². The Hall–Kier alpha value is -1.15. The second-order valence-electron chi connectivity index (χ2n) is 2.88. The fourth-order valence-electron chi connectivity index (χ4n) is 1.14. The van der Waals surface area contributed by atoms with E-state index in [4.69, 9.17) is 0 Å². The van der Waals surface area contributed by atoms with Crippen LogP contribution in [-0.4, -0.2) is 19.4 Å². The molecule has 0 amide bonds. The monoisotopic (exact) mass is 176 g/mol. The first kappa shape index (κ1) is 9.93. The van der Waals surface area contributed by atoms with Crippen molar-refractivity contribution in [2.24, 2.45) is 0 Å². The molecule has 13 heavy (non-hydrogen) atoms. The van der Waals surface area contributed by atoms with E-state index in [9.17, 15) is 4.79 Å². The van der Waals surface area contributed by atoms with E-state index in [1.165, 1.54) is 5.56 Å². The van der Waals surface area contributed by atoms with E-state index >= 15 is 0 Å². The molecule has 0 spiro atoms. The van der Waals surface area contributed by atoms with Crippen LogP contribution in [0, 0.1) is 0 Å². The molecule has 0 fully saturated rings. The summed E-state index contributed by atoms with van der Waals surface area (Å²) in [5.41, 5.74) is 1.32. The molecule has 0 aliphatic rings. The zero-order valence-corrected chi connectivity index (χ0v) is 7.62. The molecule has 0 saturated heterocycles. The fourth-order valence-corrected chi connectivity index (χ4v) is 1.14. The maximum Gasteiger partial charge on any atom is 0.199 e. The lowest BCUT2D eigenvalue weighted by atomic mass is 10.1. The van der Waals surface area contributed by atoms with E-state index in [2.05, 4.69) is 17.4 Å². The number of hydrogen-bond donors (Lipinski definition) is 1. The Morgan fingerprint density at radius 3 is 2.62 bits per heavy atom. The molecular weight excluding hydrogens is 162 g/mol. The molecule has 0 unspecified atom stereocenters. The van der Waals surface area contributed by atoms with Crippen LogP contribution in [0.5, 0.6) is 0 Å². The van der Waals surface area contributed by atoms with Crippen LogP contribution in [0.25, 0.3) is 0 Å². The summed E-state index contributed by atoms with van der Waals surface area (Å²) < 4.78 is 0. The highest BCUT2D eigenvalue weighted by Gasteiger charge is 1.90. The third-order valence-corrected chi connectivity index (χ3v) is 1.84. The molecule has 1 radical (unpaired) electrons.